The summed E-state index contributed by atoms with van der Waals surface area (Å²) >= 11 is 0. The molecule has 0 radical (unpaired) electrons. The molecule has 21 heavy (non-hydrogen) atoms. The fourth-order valence-corrected chi connectivity index (χ4v) is 2.12. The Bertz CT molecular complexity index is 268. The first-order valence-corrected chi connectivity index (χ1v) is 8.53. The summed E-state index contributed by atoms with van der Waals surface area (Å²) in [4.78, 5) is 11.5. The van der Waals surface area contributed by atoms with Gasteiger partial charge >= 0.3 is 5.97 Å². The van der Waals surface area contributed by atoms with Crippen molar-refractivity contribution in [1.29, 1.82) is 0 Å². The first-order valence-electron chi connectivity index (χ1n) is 8.53. The monoisotopic (exact) mass is 298 g/mol. The summed E-state index contributed by atoms with van der Waals surface area (Å²) in [5.41, 5.74) is 11.1. The Morgan fingerprint density at radius 2 is 1.71 bits per heavy atom. The van der Waals surface area contributed by atoms with E-state index in [1.54, 1.807) is 0 Å². The van der Waals surface area contributed by atoms with Gasteiger partial charge in [0, 0.05) is 0 Å². The molecule has 0 rings (SSSR count). The number of hydrogen-bond donors (Lipinski definition) is 2. The van der Waals surface area contributed by atoms with E-state index in [0.29, 0.717) is 13.0 Å². The van der Waals surface area contributed by atoms with Crippen LogP contribution in [-0.4, -0.2) is 18.6 Å². The minimum absolute atomic E-state index is 0.345. The zero-order chi connectivity index (χ0) is 15.8. The highest BCUT2D eigenvalue weighted by atomic mass is 16.5. The lowest BCUT2D eigenvalue weighted by Crippen LogP contribution is -2.31. The topological polar surface area (TPSA) is 78.3 Å². The van der Waals surface area contributed by atoms with Gasteiger partial charge in [0.25, 0.3) is 0 Å². The third-order valence-electron chi connectivity index (χ3n) is 3.53. The van der Waals surface area contributed by atoms with Crippen LogP contribution in [0, 0.1) is 0 Å². The summed E-state index contributed by atoms with van der Waals surface area (Å²) in [6.07, 6.45) is 15.8. The molecule has 0 aliphatic heterocycles. The van der Waals surface area contributed by atoms with Gasteiger partial charge in [0.15, 0.2) is 0 Å². The molecule has 4 N–H and O–H groups in total. The first-order chi connectivity index (χ1) is 10.2. The first kappa shape index (κ1) is 20.1. The number of unbranched alkanes of at least 4 members (excludes halogenated alkanes) is 8. The van der Waals surface area contributed by atoms with Crippen LogP contribution in [0.2, 0.25) is 0 Å². The Kier molecular flexibility index (Phi) is 14.9. The normalized spacial score (nSPS) is 12.7. The van der Waals surface area contributed by atoms with Gasteiger partial charge in [-0.25, -0.2) is 4.79 Å². The van der Waals surface area contributed by atoms with E-state index in [9.17, 15) is 4.79 Å². The minimum Gasteiger partial charge on any atom is -0.434 e. The van der Waals surface area contributed by atoms with Crippen molar-refractivity contribution in [2.24, 2.45) is 11.5 Å². The van der Waals surface area contributed by atoms with E-state index in [-0.39, 0.29) is 5.97 Å². The SMILES string of the molecule is CCCCCCCCCC=COC(=O)[C@@H](N)CCCCN. The van der Waals surface area contributed by atoms with Crippen molar-refractivity contribution < 1.29 is 9.53 Å². The van der Waals surface area contributed by atoms with Crippen LogP contribution >= 0.6 is 0 Å². The molecule has 0 aliphatic rings. The molecule has 0 aromatic heterocycles. The molecule has 0 amide bonds. The second-order valence-electron chi connectivity index (χ2n) is 5.61. The van der Waals surface area contributed by atoms with Crippen LogP contribution < -0.4 is 11.5 Å². The molecule has 0 aromatic carbocycles. The van der Waals surface area contributed by atoms with Crippen LogP contribution in [-0.2, 0) is 9.53 Å². The van der Waals surface area contributed by atoms with E-state index in [1.165, 1.54) is 44.8 Å². The summed E-state index contributed by atoms with van der Waals surface area (Å²) in [6, 6.07) is -0.528. The average Bonchev–Trinajstić information content (AvgIpc) is 2.49. The van der Waals surface area contributed by atoms with E-state index in [2.05, 4.69) is 6.92 Å². The van der Waals surface area contributed by atoms with Gasteiger partial charge in [-0.1, -0.05) is 51.9 Å². The Morgan fingerprint density at radius 3 is 2.38 bits per heavy atom. The number of hydrogen-bond acceptors (Lipinski definition) is 4. The predicted octanol–water partition coefficient (Wildman–Crippen LogP) is 3.64. The fraction of sp³-hybridized carbons (Fsp3) is 0.824. The molecule has 0 bridgehead atoms. The van der Waals surface area contributed by atoms with Crippen LogP contribution in [0.4, 0.5) is 0 Å². The second kappa shape index (κ2) is 15.5. The van der Waals surface area contributed by atoms with E-state index in [4.69, 9.17) is 16.2 Å². The molecule has 4 heteroatoms. The quantitative estimate of drug-likeness (QED) is 0.291. The van der Waals surface area contributed by atoms with Crippen molar-refractivity contribution >= 4 is 5.97 Å². The van der Waals surface area contributed by atoms with Gasteiger partial charge in [0.1, 0.15) is 6.04 Å². The van der Waals surface area contributed by atoms with Crippen LogP contribution in [0.5, 0.6) is 0 Å². The Hall–Kier alpha value is -0.870. The number of esters is 1. The second-order valence-corrected chi connectivity index (χ2v) is 5.61. The molecule has 0 aliphatic carbocycles. The zero-order valence-electron chi connectivity index (χ0n) is 13.7. The lowest BCUT2D eigenvalue weighted by atomic mass is 10.1. The maximum atomic E-state index is 11.5. The Morgan fingerprint density at radius 1 is 1.05 bits per heavy atom. The highest BCUT2D eigenvalue weighted by molar-refractivity contribution is 5.75. The molecular formula is C17H34N2O2. The van der Waals surface area contributed by atoms with Crippen molar-refractivity contribution in [1.82, 2.24) is 0 Å². The van der Waals surface area contributed by atoms with Gasteiger partial charge in [-0.2, -0.15) is 0 Å². The average molecular weight is 298 g/mol. The van der Waals surface area contributed by atoms with E-state index in [0.717, 1.165) is 25.7 Å². The summed E-state index contributed by atoms with van der Waals surface area (Å²) < 4.78 is 5.02. The standard InChI is InChI=1S/C17H34N2O2/c1-2-3-4-5-6-7-8-9-12-15-21-17(20)16(19)13-10-11-14-18/h12,15-16H,2-11,13-14,18-19H2,1H3/t16-/m0/s1. The Labute approximate surface area is 130 Å². The van der Waals surface area contributed by atoms with E-state index in [1.807, 2.05) is 6.08 Å². The van der Waals surface area contributed by atoms with Gasteiger partial charge < -0.3 is 16.2 Å². The molecule has 4 nitrogen and oxygen atoms in total. The van der Waals surface area contributed by atoms with E-state index >= 15 is 0 Å². The predicted molar refractivity (Wildman–Crippen MR) is 88.7 cm³/mol. The van der Waals surface area contributed by atoms with Crippen molar-refractivity contribution in [2.75, 3.05) is 6.54 Å². The number of allylic oxidation sites excluding steroid dienone is 1. The van der Waals surface area contributed by atoms with Crippen molar-refractivity contribution in [2.45, 2.75) is 83.6 Å². The van der Waals surface area contributed by atoms with Crippen molar-refractivity contribution in [3.8, 4) is 0 Å². The fourth-order valence-electron chi connectivity index (χ4n) is 2.12. The highest BCUT2D eigenvalue weighted by Crippen LogP contribution is 2.08. The van der Waals surface area contributed by atoms with Crippen LogP contribution in [0.15, 0.2) is 12.3 Å². The number of rotatable bonds is 14. The lowest BCUT2D eigenvalue weighted by Gasteiger charge is -2.08. The summed E-state index contributed by atoms with van der Waals surface area (Å²) in [5, 5.41) is 0. The maximum absolute atomic E-state index is 11.5. The summed E-state index contributed by atoms with van der Waals surface area (Å²) in [6.45, 7) is 2.87. The molecule has 0 heterocycles. The largest absolute Gasteiger partial charge is 0.434 e. The number of ether oxygens (including phenoxy) is 1. The van der Waals surface area contributed by atoms with Gasteiger partial charge in [-0.15, -0.1) is 0 Å². The number of carbonyl (C=O) groups is 1. The third kappa shape index (κ3) is 13.9. The number of nitrogens with two attached hydrogens (primary N) is 2. The lowest BCUT2D eigenvalue weighted by molar-refractivity contribution is -0.139. The zero-order valence-corrected chi connectivity index (χ0v) is 13.7. The summed E-state index contributed by atoms with van der Waals surface area (Å²) in [7, 11) is 0. The maximum Gasteiger partial charge on any atom is 0.327 e. The number of carbonyl (C=O) groups excluding carboxylic acids is 1. The van der Waals surface area contributed by atoms with Crippen LogP contribution in [0.25, 0.3) is 0 Å². The molecule has 1 atom stereocenters. The Balaban J connectivity index is 3.43. The smallest absolute Gasteiger partial charge is 0.327 e. The molecular weight excluding hydrogens is 264 g/mol. The molecule has 124 valence electrons. The molecule has 0 spiro atoms. The third-order valence-corrected chi connectivity index (χ3v) is 3.53. The van der Waals surface area contributed by atoms with Gasteiger partial charge in [0.05, 0.1) is 6.26 Å². The van der Waals surface area contributed by atoms with Crippen LogP contribution in [0.1, 0.15) is 77.6 Å². The van der Waals surface area contributed by atoms with Gasteiger partial charge in [-0.3, -0.25) is 0 Å². The van der Waals surface area contributed by atoms with Gasteiger partial charge in [0.2, 0.25) is 0 Å². The molecule has 0 unspecified atom stereocenters. The molecule has 0 saturated carbocycles. The van der Waals surface area contributed by atoms with Crippen molar-refractivity contribution in [3.05, 3.63) is 12.3 Å². The molecule has 0 aromatic rings. The van der Waals surface area contributed by atoms with E-state index < -0.39 is 6.04 Å². The van der Waals surface area contributed by atoms with Crippen molar-refractivity contribution in [3.63, 3.8) is 0 Å². The molecule has 0 fully saturated rings. The minimum atomic E-state index is -0.528. The van der Waals surface area contributed by atoms with Crippen LogP contribution in [0.3, 0.4) is 0 Å². The summed E-state index contributed by atoms with van der Waals surface area (Å²) in [5.74, 6) is -0.345. The van der Waals surface area contributed by atoms with Gasteiger partial charge in [-0.05, 0) is 38.3 Å². The highest BCUT2D eigenvalue weighted by Gasteiger charge is 2.12. The molecule has 0 saturated heterocycles.